The van der Waals surface area contributed by atoms with Gasteiger partial charge in [-0.15, -0.1) is 0 Å². The summed E-state index contributed by atoms with van der Waals surface area (Å²) in [5.41, 5.74) is 4.61. The van der Waals surface area contributed by atoms with E-state index < -0.39 is 0 Å². The van der Waals surface area contributed by atoms with Crippen molar-refractivity contribution < 1.29 is 4.74 Å². The molecule has 0 amide bonds. The highest BCUT2D eigenvalue weighted by Gasteiger charge is 2.15. The molecule has 1 heterocycles. The predicted molar refractivity (Wildman–Crippen MR) is 64.0 cm³/mol. The lowest BCUT2D eigenvalue weighted by Gasteiger charge is -2.15. The van der Waals surface area contributed by atoms with Crippen LogP contribution in [0.25, 0.3) is 0 Å². The number of aryl methyl sites for hydroxylation is 1. The zero-order valence-corrected chi connectivity index (χ0v) is 10.4. The molecule has 0 radical (unpaired) electrons. The molecule has 0 saturated carbocycles. The highest BCUT2D eigenvalue weighted by molar-refractivity contribution is 5.44. The first kappa shape index (κ1) is 12.9. The van der Waals surface area contributed by atoms with Crippen molar-refractivity contribution in [1.29, 1.82) is 0 Å². The number of nitrogens with zero attached hydrogens (tertiary/aromatic N) is 2. The van der Waals surface area contributed by atoms with E-state index in [9.17, 15) is 0 Å². The molecular weight excluding hydrogens is 204 g/mol. The number of nitrogens with one attached hydrogen (secondary N) is 1. The van der Waals surface area contributed by atoms with Gasteiger partial charge in [-0.1, -0.05) is 13.8 Å². The van der Waals surface area contributed by atoms with Gasteiger partial charge in [0.25, 0.3) is 0 Å². The molecule has 1 unspecified atom stereocenters. The first-order valence-corrected chi connectivity index (χ1v) is 5.54. The van der Waals surface area contributed by atoms with Crippen molar-refractivity contribution in [2.75, 3.05) is 12.5 Å². The number of hydrogen-bond acceptors (Lipinski definition) is 5. The van der Waals surface area contributed by atoms with E-state index in [1.165, 1.54) is 0 Å². The fourth-order valence-electron chi connectivity index (χ4n) is 1.67. The number of hydrazine groups is 1. The lowest BCUT2D eigenvalue weighted by atomic mass is 10.1. The molecule has 90 valence electrons. The largest absolute Gasteiger partial charge is 0.373 e. The van der Waals surface area contributed by atoms with E-state index in [-0.39, 0.29) is 6.10 Å². The lowest BCUT2D eigenvalue weighted by molar-refractivity contribution is 0.0925. The van der Waals surface area contributed by atoms with Gasteiger partial charge in [-0.3, -0.25) is 0 Å². The first-order chi connectivity index (χ1) is 7.67. The van der Waals surface area contributed by atoms with Gasteiger partial charge in [0.2, 0.25) is 0 Å². The molecule has 1 atom stereocenters. The van der Waals surface area contributed by atoms with Crippen LogP contribution in [-0.4, -0.2) is 17.1 Å². The third-order valence-electron chi connectivity index (χ3n) is 2.68. The molecule has 5 nitrogen and oxygen atoms in total. The minimum atomic E-state index is -0.0713. The Kier molecular flexibility index (Phi) is 4.64. The highest BCUT2D eigenvalue weighted by Crippen LogP contribution is 2.21. The van der Waals surface area contributed by atoms with Crippen LogP contribution in [0.4, 0.5) is 5.82 Å². The Hall–Kier alpha value is -1.20. The molecule has 0 spiro atoms. The molecule has 0 aliphatic rings. The van der Waals surface area contributed by atoms with Crippen molar-refractivity contribution in [2.45, 2.75) is 39.7 Å². The number of ether oxygens (including phenoxy) is 1. The fourth-order valence-corrected chi connectivity index (χ4v) is 1.67. The summed E-state index contributed by atoms with van der Waals surface area (Å²) in [6.07, 6.45) is 1.63. The number of nitrogen functional groups attached to an aromatic ring is 1. The van der Waals surface area contributed by atoms with Crippen molar-refractivity contribution in [3.8, 4) is 0 Å². The van der Waals surface area contributed by atoms with Crippen molar-refractivity contribution in [2.24, 2.45) is 5.84 Å². The van der Waals surface area contributed by atoms with Crippen LogP contribution in [-0.2, 0) is 11.2 Å². The van der Waals surface area contributed by atoms with E-state index in [2.05, 4.69) is 22.3 Å². The van der Waals surface area contributed by atoms with Crippen LogP contribution in [0.3, 0.4) is 0 Å². The van der Waals surface area contributed by atoms with Gasteiger partial charge in [-0.05, 0) is 19.8 Å². The van der Waals surface area contributed by atoms with Gasteiger partial charge in [0.15, 0.2) is 5.82 Å². The second-order valence-corrected chi connectivity index (χ2v) is 3.63. The maximum absolute atomic E-state index is 5.45. The van der Waals surface area contributed by atoms with Crippen molar-refractivity contribution in [3.05, 3.63) is 17.1 Å². The van der Waals surface area contributed by atoms with Gasteiger partial charge in [-0.2, -0.15) is 0 Å². The summed E-state index contributed by atoms with van der Waals surface area (Å²) in [6, 6.07) is 0. The van der Waals surface area contributed by atoms with E-state index in [0.717, 1.165) is 24.1 Å². The lowest BCUT2D eigenvalue weighted by Crippen LogP contribution is -2.16. The molecule has 0 fully saturated rings. The third kappa shape index (κ3) is 2.48. The van der Waals surface area contributed by atoms with Gasteiger partial charge < -0.3 is 10.2 Å². The van der Waals surface area contributed by atoms with E-state index in [1.54, 1.807) is 7.11 Å². The summed E-state index contributed by atoms with van der Waals surface area (Å²) in [5, 5.41) is 0. The summed E-state index contributed by atoms with van der Waals surface area (Å²) in [6.45, 7) is 6.07. The first-order valence-electron chi connectivity index (χ1n) is 5.54. The second-order valence-electron chi connectivity index (χ2n) is 3.63. The van der Waals surface area contributed by atoms with E-state index >= 15 is 0 Å². The molecule has 3 N–H and O–H groups in total. The van der Waals surface area contributed by atoms with Crippen LogP contribution in [0.1, 0.15) is 43.5 Å². The Morgan fingerprint density at radius 1 is 1.38 bits per heavy atom. The number of nitrogens with two attached hydrogens (primary N) is 1. The average molecular weight is 224 g/mol. The van der Waals surface area contributed by atoms with E-state index in [4.69, 9.17) is 10.6 Å². The van der Waals surface area contributed by atoms with Gasteiger partial charge >= 0.3 is 0 Å². The van der Waals surface area contributed by atoms with Gasteiger partial charge in [-0.25, -0.2) is 15.8 Å². The van der Waals surface area contributed by atoms with Gasteiger partial charge in [0.1, 0.15) is 11.9 Å². The van der Waals surface area contributed by atoms with Crippen LogP contribution >= 0.6 is 0 Å². The van der Waals surface area contributed by atoms with Gasteiger partial charge in [0, 0.05) is 18.4 Å². The van der Waals surface area contributed by atoms with E-state index in [0.29, 0.717) is 11.6 Å². The quantitative estimate of drug-likeness (QED) is 0.588. The normalized spacial score (nSPS) is 12.6. The van der Waals surface area contributed by atoms with Crippen molar-refractivity contribution >= 4 is 5.82 Å². The molecule has 1 rings (SSSR count). The zero-order chi connectivity index (χ0) is 12.1. The Balaban J connectivity index is 3.20. The second kappa shape index (κ2) is 5.77. The Morgan fingerprint density at radius 2 is 2.06 bits per heavy atom. The molecule has 5 heteroatoms. The SMILES string of the molecule is CCc1nc(C(CC)OC)nc(NN)c1C. The number of anilines is 1. The number of aromatic nitrogens is 2. The molecule has 0 saturated heterocycles. The topological polar surface area (TPSA) is 73.1 Å². The van der Waals surface area contributed by atoms with Crippen LogP contribution in [0.5, 0.6) is 0 Å². The summed E-state index contributed by atoms with van der Waals surface area (Å²) < 4.78 is 5.33. The number of hydrogen-bond donors (Lipinski definition) is 2. The molecule has 0 aromatic carbocycles. The highest BCUT2D eigenvalue weighted by atomic mass is 16.5. The van der Waals surface area contributed by atoms with Crippen molar-refractivity contribution in [1.82, 2.24) is 9.97 Å². The van der Waals surface area contributed by atoms with Crippen LogP contribution in [0.2, 0.25) is 0 Å². The predicted octanol–water partition coefficient (Wildman–Crippen LogP) is 1.73. The number of methoxy groups -OCH3 is 1. The minimum absolute atomic E-state index is 0.0713. The summed E-state index contributed by atoms with van der Waals surface area (Å²) in [4.78, 5) is 8.88. The maximum Gasteiger partial charge on any atom is 0.159 e. The fraction of sp³-hybridized carbons (Fsp3) is 0.636. The molecular formula is C11H20N4O. The molecule has 0 bridgehead atoms. The molecule has 0 aliphatic carbocycles. The van der Waals surface area contributed by atoms with Crippen molar-refractivity contribution in [3.63, 3.8) is 0 Å². The maximum atomic E-state index is 5.45. The molecule has 1 aromatic heterocycles. The Labute approximate surface area is 96.4 Å². The van der Waals surface area contributed by atoms with Gasteiger partial charge in [0.05, 0.1) is 0 Å². The Morgan fingerprint density at radius 3 is 2.50 bits per heavy atom. The monoisotopic (exact) mass is 224 g/mol. The van der Waals surface area contributed by atoms with Crippen LogP contribution in [0, 0.1) is 6.92 Å². The molecule has 1 aromatic rings. The summed E-state index contributed by atoms with van der Waals surface area (Å²) >= 11 is 0. The standard InChI is InChI=1S/C11H20N4O/c1-5-8-7(3)10(15-12)14-11(13-8)9(6-2)16-4/h9H,5-6,12H2,1-4H3,(H,13,14,15). The number of rotatable bonds is 5. The van der Waals surface area contributed by atoms with E-state index in [1.807, 2.05) is 13.8 Å². The summed E-state index contributed by atoms with van der Waals surface area (Å²) in [7, 11) is 1.67. The zero-order valence-electron chi connectivity index (χ0n) is 10.4. The minimum Gasteiger partial charge on any atom is -0.373 e. The smallest absolute Gasteiger partial charge is 0.159 e. The molecule has 0 aliphatic heterocycles. The average Bonchev–Trinajstić information content (AvgIpc) is 2.32. The summed E-state index contributed by atoms with van der Waals surface area (Å²) in [5.74, 6) is 6.82. The molecule has 16 heavy (non-hydrogen) atoms. The van der Waals surface area contributed by atoms with Crippen LogP contribution in [0.15, 0.2) is 0 Å². The Bertz CT molecular complexity index is 325. The van der Waals surface area contributed by atoms with Crippen LogP contribution < -0.4 is 11.3 Å². The third-order valence-corrected chi connectivity index (χ3v) is 2.68.